The molecule has 68 valence electrons. The van der Waals surface area contributed by atoms with E-state index in [1.807, 2.05) is 6.07 Å². The molecule has 0 bridgehead atoms. The van der Waals surface area contributed by atoms with E-state index >= 15 is 0 Å². The number of hydrogen-bond donors (Lipinski definition) is 1. The summed E-state index contributed by atoms with van der Waals surface area (Å²) in [6.45, 7) is 0.837. The third kappa shape index (κ3) is 2.19. The summed E-state index contributed by atoms with van der Waals surface area (Å²) in [6, 6.07) is 10.4. The molecule has 0 spiro atoms. The molecule has 1 heteroatoms. The van der Waals surface area contributed by atoms with Crippen LogP contribution in [0.15, 0.2) is 36.4 Å². The molecule has 0 amide bonds. The predicted molar refractivity (Wildman–Crippen MR) is 56.1 cm³/mol. The highest BCUT2D eigenvalue weighted by molar-refractivity contribution is 5.49. The number of benzene rings is 1. The van der Waals surface area contributed by atoms with Gasteiger partial charge >= 0.3 is 0 Å². The Labute approximate surface area is 79.3 Å². The largest absolute Gasteiger partial charge is 0.330 e. The summed E-state index contributed by atoms with van der Waals surface area (Å²) in [5.41, 5.74) is 6.84. The van der Waals surface area contributed by atoms with Crippen molar-refractivity contribution in [3.05, 3.63) is 42.0 Å². The zero-order chi connectivity index (χ0) is 9.10. The smallest absolute Gasteiger partial charge is 0.00430 e. The minimum absolute atomic E-state index is 0.741. The normalized spacial score (nSPS) is 26.5. The molecule has 1 aromatic carbocycles. The average Bonchev–Trinajstić information content (AvgIpc) is 2.95. The summed E-state index contributed by atoms with van der Waals surface area (Å²) in [6.07, 6.45) is 5.76. The first-order valence-electron chi connectivity index (χ1n) is 4.83. The van der Waals surface area contributed by atoms with Gasteiger partial charge in [-0.25, -0.2) is 0 Å². The van der Waals surface area contributed by atoms with E-state index in [4.69, 9.17) is 5.73 Å². The third-order valence-corrected chi connectivity index (χ3v) is 2.62. The first-order valence-corrected chi connectivity index (χ1v) is 4.83. The first-order chi connectivity index (χ1) is 6.40. The van der Waals surface area contributed by atoms with Gasteiger partial charge in [0, 0.05) is 0 Å². The Bertz CT molecular complexity index is 289. The van der Waals surface area contributed by atoms with Crippen LogP contribution in [0.1, 0.15) is 12.0 Å². The van der Waals surface area contributed by atoms with Crippen molar-refractivity contribution in [2.75, 3.05) is 6.54 Å². The third-order valence-electron chi connectivity index (χ3n) is 2.62. The van der Waals surface area contributed by atoms with Gasteiger partial charge in [0.2, 0.25) is 0 Å². The highest BCUT2D eigenvalue weighted by Gasteiger charge is 2.32. The summed E-state index contributed by atoms with van der Waals surface area (Å²) in [7, 11) is 0. The molecule has 1 aromatic rings. The van der Waals surface area contributed by atoms with Crippen LogP contribution < -0.4 is 5.73 Å². The molecule has 1 fully saturated rings. The maximum absolute atomic E-state index is 5.56. The van der Waals surface area contributed by atoms with Gasteiger partial charge in [-0.3, -0.25) is 0 Å². The van der Waals surface area contributed by atoms with Crippen LogP contribution in [0, 0.1) is 11.8 Å². The van der Waals surface area contributed by atoms with E-state index in [0.717, 1.165) is 18.4 Å². The van der Waals surface area contributed by atoms with Gasteiger partial charge in [-0.1, -0.05) is 42.5 Å². The summed E-state index contributed by atoms with van der Waals surface area (Å²) >= 11 is 0. The van der Waals surface area contributed by atoms with Crippen LogP contribution >= 0.6 is 0 Å². The van der Waals surface area contributed by atoms with Crippen LogP contribution in [-0.2, 0) is 0 Å². The first kappa shape index (κ1) is 8.52. The maximum atomic E-state index is 5.56. The van der Waals surface area contributed by atoms with Crippen molar-refractivity contribution in [3.63, 3.8) is 0 Å². The van der Waals surface area contributed by atoms with Gasteiger partial charge in [0.05, 0.1) is 0 Å². The lowest BCUT2D eigenvalue weighted by molar-refractivity contribution is 0.799. The molecule has 0 radical (unpaired) electrons. The molecule has 2 N–H and O–H groups in total. The lowest BCUT2D eigenvalue weighted by Gasteiger charge is -1.91. The Morgan fingerprint density at radius 2 is 2.08 bits per heavy atom. The van der Waals surface area contributed by atoms with Crippen molar-refractivity contribution in [3.8, 4) is 0 Å². The van der Waals surface area contributed by atoms with Crippen molar-refractivity contribution in [2.24, 2.45) is 17.6 Å². The summed E-state index contributed by atoms with van der Waals surface area (Å²) in [4.78, 5) is 0. The molecule has 2 unspecified atom stereocenters. The highest BCUT2D eigenvalue weighted by atomic mass is 14.6. The number of nitrogens with two attached hydrogens (primary N) is 1. The molecule has 0 aliphatic heterocycles. The Morgan fingerprint density at radius 1 is 1.31 bits per heavy atom. The molecule has 2 atom stereocenters. The standard InChI is InChI=1S/C12H15N/c13-9-12-8-11(12)7-6-10-4-2-1-3-5-10/h1-7,11-12H,8-9,13H2/b7-6+. The quantitative estimate of drug-likeness (QED) is 0.745. The van der Waals surface area contributed by atoms with E-state index in [2.05, 4.69) is 36.4 Å². The SMILES string of the molecule is NCC1CC1/C=C/c1ccccc1. The fraction of sp³-hybridized carbons (Fsp3) is 0.333. The van der Waals surface area contributed by atoms with E-state index in [9.17, 15) is 0 Å². The topological polar surface area (TPSA) is 26.0 Å². The summed E-state index contributed by atoms with van der Waals surface area (Å²) < 4.78 is 0. The highest BCUT2D eigenvalue weighted by Crippen LogP contribution is 2.38. The van der Waals surface area contributed by atoms with Crippen LogP contribution in [0.5, 0.6) is 0 Å². The fourth-order valence-electron chi connectivity index (χ4n) is 1.58. The molecule has 2 rings (SSSR count). The Balaban J connectivity index is 1.92. The van der Waals surface area contributed by atoms with Gasteiger partial charge in [-0.2, -0.15) is 0 Å². The second-order valence-corrected chi connectivity index (χ2v) is 3.67. The lowest BCUT2D eigenvalue weighted by Crippen LogP contribution is -2.01. The van der Waals surface area contributed by atoms with Crippen LogP contribution in [0.3, 0.4) is 0 Å². The molecule has 13 heavy (non-hydrogen) atoms. The molecular formula is C12H15N. The molecular weight excluding hydrogens is 158 g/mol. The van der Waals surface area contributed by atoms with Crippen molar-refractivity contribution in [1.82, 2.24) is 0 Å². The van der Waals surface area contributed by atoms with Crippen molar-refractivity contribution in [1.29, 1.82) is 0 Å². The predicted octanol–water partition coefficient (Wildman–Crippen LogP) is 2.29. The van der Waals surface area contributed by atoms with E-state index in [-0.39, 0.29) is 0 Å². The second kappa shape index (κ2) is 3.75. The molecule has 0 heterocycles. The average molecular weight is 173 g/mol. The van der Waals surface area contributed by atoms with Crippen LogP contribution in [0.2, 0.25) is 0 Å². The zero-order valence-corrected chi connectivity index (χ0v) is 7.69. The van der Waals surface area contributed by atoms with E-state index in [0.29, 0.717) is 0 Å². The Morgan fingerprint density at radius 3 is 2.69 bits per heavy atom. The van der Waals surface area contributed by atoms with Gasteiger partial charge in [0.15, 0.2) is 0 Å². The molecule has 1 aliphatic rings. The minimum atomic E-state index is 0.741. The van der Waals surface area contributed by atoms with E-state index < -0.39 is 0 Å². The monoisotopic (exact) mass is 173 g/mol. The zero-order valence-electron chi connectivity index (χ0n) is 7.69. The Kier molecular flexibility index (Phi) is 2.46. The minimum Gasteiger partial charge on any atom is -0.330 e. The number of allylic oxidation sites excluding steroid dienone is 1. The number of rotatable bonds is 3. The van der Waals surface area contributed by atoms with E-state index in [1.54, 1.807) is 0 Å². The molecule has 1 nitrogen and oxygen atoms in total. The van der Waals surface area contributed by atoms with Crippen molar-refractivity contribution < 1.29 is 0 Å². The van der Waals surface area contributed by atoms with E-state index in [1.165, 1.54) is 12.0 Å². The van der Waals surface area contributed by atoms with Crippen LogP contribution in [0.4, 0.5) is 0 Å². The molecule has 1 saturated carbocycles. The fourth-order valence-corrected chi connectivity index (χ4v) is 1.58. The van der Waals surface area contributed by atoms with Gasteiger partial charge in [-0.05, 0) is 30.4 Å². The van der Waals surface area contributed by atoms with Gasteiger partial charge in [0.25, 0.3) is 0 Å². The van der Waals surface area contributed by atoms with Crippen molar-refractivity contribution >= 4 is 6.08 Å². The van der Waals surface area contributed by atoms with Crippen LogP contribution in [0.25, 0.3) is 6.08 Å². The summed E-state index contributed by atoms with van der Waals surface area (Å²) in [5.74, 6) is 1.49. The molecule has 1 aliphatic carbocycles. The van der Waals surface area contributed by atoms with Crippen molar-refractivity contribution in [2.45, 2.75) is 6.42 Å². The lowest BCUT2D eigenvalue weighted by atomic mass is 10.2. The second-order valence-electron chi connectivity index (χ2n) is 3.67. The van der Waals surface area contributed by atoms with Gasteiger partial charge < -0.3 is 5.73 Å². The maximum Gasteiger partial charge on any atom is -0.00430 e. The van der Waals surface area contributed by atoms with Gasteiger partial charge in [0.1, 0.15) is 0 Å². The number of hydrogen-bond acceptors (Lipinski definition) is 1. The Hall–Kier alpha value is -1.08. The van der Waals surface area contributed by atoms with Gasteiger partial charge in [-0.15, -0.1) is 0 Å². The molecule has 0 aromatic heterocycles. The summed E-state index contributed by atoms with van der Waals surface area (Å²) in [5, 5.41) is 0. The van der Waals surface area contributed by atoms with Crippen LogP contribution in [-0.4, -0.2) is 6.54 Å². The molecule has 0 saturated heterocycles.